The van der Waals surface area contributed by atoms with E-state index in [9.17, 15) is 18.0 Å². The Kier molecular flexibility index (Phi) is 4.04. The van der Waals surface area contributed by atoms with Gasteiger partial charge in [-0.05, 0) is 41.8 Å². The number of aryl methyl sites for hydroxylation is 1. The summed E-state index contributed by atoms with van der Waals surface area (Å²) in [5, 5.41) is 4.21. The Bertz CT molecular complexity index is 911. The molecule has 5 nitrogen and oxygen atoms in total. The van der Waals surface area contributed by atoms with Gasteiger partial charge in [0.25, 0.3) is 0 Å². The van der Waals surface area contributed by atoms with E-state index in [-0.39, 0.29) is 11.4 Å². The highest BCUT2D eigenvalue weighted by Crippen LogP contribution is 2.26. The van der Waals surface area contributed by atoms with Gasteiger partial charge in [0.05, 0.1) is 0 Å². The molecule has 3 aromatic rings. The number of rotatable bonds is 4. The number of alkyl halides is 3. The standard InChI is InChI=1S/C16H14F3N3O2/c1-2-9-22-15(23)21-10-12(5-8-14(21)20-22)11-3-6-13(7-4-11)24-16(17,18)19/h3-8,10H,2,9H2,1H3. The first-order valence-corrected chi connectivity index (χ1v) is 7.33. The molecular formula is C16H14F3N3O2. The molecule has 24 heavy (non-hydrogen) atoms. The highest BCUT2D eigenvalue weighted by molar-refractivity contribution is 5.65. The normalized spacial score (nSPS) is 11.8. The van der Waals surface area contributed by atoms with Crippen molar-refractivity contribution in [1.29, 1.82) is 0 Å². The Labute approximate surface area is 134 Å². The number of hydrogen-bond acceptors (Lipinski definition) is 3. The number of hydrogen-bond donors (Lipinski definition) is 0. The fourth-order valence-corrected chi connectivity index (χ4v) is 2.40. The van der Waals surface area contributed by atoms with E-state index < -0.39 is 6.36 Å². The summed E-state index contributed by atoms with van der Waals surface area (Å²) in [6.07, 6.45) is -2.31. The van der Waals surface area contributed by atoms with Gasteiger partial charge in [0.2, 0.25) is 0 Å². The lowest BCUT2D eigenvalue weighted by Crippen LogP contribution is -2.20. The van der Waals surface area contributed by atoms with E-state index >= 15 is 0 Å². The summed E-state index contributed by atoms with van der Waals surface area (Å²) in [6, 6.07) is 8.93. The molecule has 0 aliphatic carbocycles. The molecule has 3 rings (SSSR count). The highest BCUT2D eigenvalue weighted by Gasteiger charge is 2.30. The van der Waals surface area contributed by atoms with Crippen LogP contribution >= 0.6 is 0 Å². The molecule has 0 saturated heterocycles. The molecule has 0 fully saturated rings. The van der Waals surface area contributed by atoms with Gasteiger partial charge in [-0.2, -0.15) is 0 Å². The molecule has 0 N–H and O–H groups in total. The van der Waals surface area contributed by atoms with Gasteiger partial charge in [-0.15, -0.1) is 18.3 Å². The third kappa shape index (κ3) is 3.27. The monoisotopic (exact) mass is 337 g/mol. The van der Waals surface area contributed by atoms with Crippen LogP contribution in [-0.4, -0.2) is 20.5 Å². The summed E-state index contributed by atoms with van der Waals surface area (Å²) in [5.41, 5.74) is 1.64. The molecule has 2 aromatic heterocycles. The third-order valence-corrected chi connectivity index (χ3v) is 3.43. The second kappa shape index (κ2) is 6.03. The van der Waals surface area contributed by atoms with Gasteiger partial charge in [-0.3, -0.25) is 0 Å². The Hall–Kier alpha value is -2.77. The average Bonchev–Trinajstić information content (AvgIpc) is 2.83. The second-order valence-corrected chi connectivity index (χ2v) is 5.22. The minimum atomic E-state index is -4.72. The Balaban J connectivity index is 1.94. The summed E-state index contributed by atoms with van der Waals surface area (Å²) < 4.78 is 43.2. The van der Waals surface area contributed by atoms with E-state index in [1.54, 1.807) is 18.3 Å². The van der Waals surface area contributed by atoms with Crippen LogP contribution in [0, 0.1) is 0 Å². The molecule has 0 aliphatic heterocycles. The maximum atomic E-state index is 12.2. The average molecular weight is 337 g/mol. The number of benzene rings is 1. The van der Waals surface area contributed by atoms with Crippen LogP contribution in [0.4, 0.5) is 13.2 Å². The fraction of sp³-hybridized carbons (Fsp3) is 0.250. The third-order valence-electron chi connectivity index (χ3n) is 3.43. The van der Waals surface area contributed by atoms with Gasteiger partial charge in [0.15, 0.2) is 5.65 Å². The van der Waals surface area contributed by atoms with Gasteiger partial charge in [-0.25, -0.2) is 13.9 Å². The summed E-state index contributed by atoms with van der Waals surface area (Å²) in [5.74, 6) is -0.291. The van der Waals surface area contributed by atoms with Crippen molar-refractivity contribution in [1.82, 2.24) is 14.2 Å². The molecule has 0 saturated carbocycles. The number of fused-ring (bicyclic) bond motifs is 1. The van der Waals surface area contributed by atoms with Crippen molar-refractivity contribution in [2.45, 2.75) is 26.3 Å². The molecule has 126 valence electrons. The minimum Gasteiger partial charge on any atom is -0.406 e. The number of halogens is 3. The lowest BCUT2D eigenvalue weighted by molar-refractivity contribution is -0.274. The molecule has 8 heteroatoms. The molecule has 0 radical (unpaired) electrons. The van der Waals surface area contributed by atoms with Crippen LogP contribution in [0.5, 0.6) is 5.75 Å². The molecular weight excluding hydrogens is 323 g/mol. The van der Waals surface area contributed by atoms with E-state index in [0.29, 0.717) is 23.3 Å². The van der Waals surface area contributed by atoms with Crippen LogP contribution in [0.15, 0.2) is 47.4 Å². The fourth-order valence-electron chi connectivity index (χ4n) is 2.40. The smallest absolute Gasteiger partial charge is 0.406 e. The molecule has 0 amide bonds. The summed E-state index contributed by atoms with van der Waals surface area (Å²) >= 11 is 0. The van der Waals surface area contributed by atoms with Crippen molar-refractivity contribution in [2.75, 3.05) is 0 Å². The van der Waals surface area contributed by atoms with Crippen LogP contribution < -0.4 is 10.4 Å². The van der Waals surface area contributed by atoms with Crippen LogP contribution in [0.1, 0.15) is 13.3 Å². The number of ether oxygens (including phenoxy) is 1. The largest absolute Gasteiger partial charge is 0.573 e. The molecule has 0 atom stereocenters. The predicted molar refractivity (Wildman–Crippen MR) is 81.9 cm³/mol. The Morgan fingerprint density at radius 2 is 1.75 bits per heavy atom. The molecule has 0 bridgehead atoms. The van der Waals surface area contributed by atoms with Gasteiger partial charge in [0.1, 0.15) is 5.75 Å². The highest BCUT2D eigenvalue weighted by atomic mass is 19.4. The SMILES string of the molecule is CCCn1nc2ccc(-c3ccc(OC(F)(F)F)cc3)cn2c1=O. The number of aromatic nitrogens is 3. The van der Waals surface area contributed by atoms with Crippen molar-refractivity contribution in [3.8, 4) is 16.9 Å². The van der Waals surface area contributed by atoms with E-state index in [1.807, 2.05) is 6.92 Å². The van der Waals surface area contributed by atoms with Crippen molar-refractivity contribution in [2.24, 2.45) is 0 Å². The molecule has 0 unspecified atom stereocenters. The van der Waals surface area contributed by atoms with Crippen LogP contribution in [-0.2, 0) is 6.54 Å². The topological polar surface area (TPSA) is 48.5 Å². The second-order valence-electron chi connectivity index (χ2n) is 5.22. The Morgan fingerprint density at radius 1 is 1.08 bits per heavy atom. The maximum Gasteiger partial charge on any atom is 0.573 e. The maximum absolute atomic E-state index is 12.2. The van der Waals surface area contributed by atoms with E-state index in [2.05, 4.69) is 9.84 Å². The van der Waals surface area contributed by atoms with Crippen LogP contribution in [0.2, 0.25) is 0 Å². The Morgan fingerprint density at radius 3 is 2.38 bits per heavy atom. The van der Waals surface area contributed by atoms with Gasteiger partial charge >= 0.3 is 12.1 Å². The van der Waals surface area contributed by atoms with E-state index in [4.69, 9.17) is 0 Å². The van der Waals surface area contributed by atoms with Gasteiger partial charge in [0, 0.05) is 12.7 Å². The molecule has 0 spiro atoms. The van der Waals surface area contributed by atoms with Crippen molar-refractivity contribution in [3.63, 3.8) is 0 Å². The van der Waals surface area contributed by atoms with E-state index in [0.717, 1.165) is 6.42 Å². The van der Waals surface area contributed by atoms with Crippen molar-refractivity contribution in [3.05, 3.63) is 53.1 Å². The lowest BCUT2D eigenvalue weighted by atomic mass is 10.1. The van der Waals surface area contributed by atoms with Gasteiger partial charge < -0.3 is 4.74 Å². The quantitative estimate of drug-likeness (QED) is 0.732. The number of nitrogens with zero attached hydrogens (tertiary/aromatic N) is 3. The van der Waals surface area contributed by atoms with E-state index in [1.165, 1.54) is 33.3 Å². The summed E-state index contributed by atoms with van der Waals surface area (Å²) in [6.45, 7) is 2.48. The lowest BCUT2D eigenvalue weighted by Gasteiger charge is -2.09. The molecule has 1 aromatic carbocycles. The minimum absolute atomic E-state index is 0.245. The van der Waals surface area contributed by atoms with Crippen LogP contribution in [0.3, 0.4) is 0 Å². The molecule has 0 aliphatic rings. The van der Waals surface area contributed by atoms with Crippen molar-refractivity contribution >= 4 is 5.65 Å². The van der Waals surface area contributed by atoms with Crippen molar-refractivity contribution < 1.29 is 17.9 Å². The zero-order valence-electron chi connectivity index (χ0n) is 12.7. The molecule has 2 heterocycles. The first kappa shape index (κ1) is 16.1. The zero-order chi connectivity index (χ0) is 17.3. The summed E-state index contributed by atoms with van der Waals surface area (Å²) in [4.78, 5) is 12.2. The first-order chi connectivity index (χ1) is 11.4. The van der Waals surface area contributed by atoms with Gasteiger partial charge in [-0.1, -0.05) is 19.1 Å². The zero-order valence-corrected chi connectivity index (χ0v) is 12.7. The summed E-state index contributed by atoms with van der Waals surface area (Å²) in [7, 11) is 0. The number of pyridine rings is 1. The predicted octanol–water partition coefficient (Wildman–Crippen LogP) is 3.47. The first-order valence-electron chi connectivity index (χ1n) is 7.33. The van der Waals surface area contributed by atoms with Crippen LogP contribution in [0.25, 0.3) is 16.8 Å².